The summed E-state index contributed by atoms with van der Waals surface area (Å²) < 4.78 is 2.82. The van der Waals surface area contributed by atoms with E-state index in [1.54, 1.807) is 18.5 Å². The van der Waals surface area contributed by atoms with Crippen LogP contribution in [-0.4, -0.2) is 20.6 Å². The van der Waals surface area contributed by atoms with Gasteiger partial charge in [0.25, 0.3) is 0 Å². The lowest BCUT2D eigenvalue weighted by Gasteiger charge is -2.14. The van der Waals surface area contributed by atoms with Gasteiger partial charge in [-0.25, -0.2) is 4.79 Å². The van der Waals surface area contributed by atoms with Gasteiger partial charge in [0.05, 0.1) is 5.69 Å². The molecule has 0 unspecified atom stereocenters. The van der Waals surface area contributed by atoms with E-state index < -0.39 is 5.97 Å². The van der Waals surface area contributed by atoms with E-state index in [0.29, 0.717) is 6.54 Å². The molecule has 1 N–H and O–H groups in total. The average Bonchev–Trinajstić information content (AvgIpc) is 3.06. The Balaban J connectivity index is 1.89. The maximum atomic E-state index is 11.7. The van der Waals surface area contributed by atoms with Gasteiger partial charge in [0.1, 0.15) is 5.69 Å². The monoisotopic (exact) mass is 406 g/mol. The van der Waals surface area contributed by atoms with Crippen molar-refractivity contribution in [1.29, 1.82) is 0 Å². The van der Waals surface area contributed by atoms with Crippen LogP contribution in [0.2, 0.25) is 0 Å². The highest BCUT2D eigenvalue weighted by Crippen LogP contribution is 2.30. The summed E-state index contributed by atoms with van der Waals surface area (Å²) in [6, 6.07) is 19.4. The molecule has 2 heterocycles. The lowest BCUT2D eigenvalue weighted by molar-refractivity contribution is 0.0686. The van der Waals surface area contributed by atoms with E-state index in [9.17, 15) is 9.90 Å². The number of nitrogens with zero attached hydrogens (tertiary/aromatic N) is 2. The Morgan fingerprint density at radius 3 is 2.58 bits per heavy atom. The Hall–Kier alpha value is -2.92. The van der Waals surface area contributed by atoms with Gasteiger partial charge in [-0.05, 0) is 41.3 Å². The van der Waals surface area contributed by atoms with E-state index in [4.69, 9.17) is 0 Å². The Morgan fingerprint density at radius 2 is 1.85 bits per heavy atom. The molecule has 0 radical (unpaired) electrons. The summed E-state index contributed by atoms with van der Waals surface area (Å²) in [4.78, 5) is 15.9. The number of carboxylic acid groups (broad SMARTS) is 1. The average molecular weight is 407 g/mol. The van der Waals surface area contributed by atoms with Crippen LogP contribution in [0.1, 0.15) is 16.1 Å². The zero-order valence-corrected chi connectivity index (χ0v) is 15.3. The van der Waals surface area contributed by atoms with Gasteiger partial charge in [0, 0.05) is 34.4 Å². The second kappa shape index (κ2) is 6.77. The zero-order valence-electron chi connectivity index (χ0n) is 13.8. The number of carboxylic acids is 1. The summed E-state index contributed by atoms with van der Waals surface area (Å²) in [6.07, 6.45) is 3.45. The molecular formula is C21H15BrN2O2. The van der Waals surface area contributed by atoms with Crippen molar-refractivity contribution in [3.8, 4) is 11.3 Å². The van der Waals surface area contributed by atoms with Gasteiger partial charge in [-0.1, -0.05) is 46.3 Å². The minimum atomic E-state index is -0.945. The molecule has 0 fully saturated rings. The molecule has 0 spiro atoms. The summed E-state index contributed by atoms with van der Waals surface area (Å²) in [5.41, 5.74) is 3.03. The summed E-state index contributed by atoms with van der Waals surface area (Å²) in [6.45, 7) is 0.457. The maximum Gasteiger partial charge on any atom is 0.352 e. The van der Waals surface area contributed by atoms with E-state index >= 15 is 0 Å². The van der Waals surface area contributed by atoms with E-state index in [1.165, 1.54) is 0 Å². The molecule has 128 valence electrons. The SMILES string of the molecule is O=C(O)c1ccc(-c2cccnc2)n1Cc1cccc2cccc(Br)c12. The molecular weight excluding hydrogens is 392 g/mol. The van der Waals surface area contributed by atoms with Crippen LogP contribution in [0.3, 0.4) is 0 Å². The highest BCUT2D eigenvalue weighted by Gasteiger charge is 2.17. The van der Waals surface area contributed by atoms with Crippen molar-refractivity contribution < 1.29 is 9.90 Å². The number of hydrogen-bond acceptors (Lipinski definition) is 2. The number of rotatable bonds is 4. The fourth-order valence-corrected chi connectivity index (χ4v) is 3.90. The first-order valence-corrected chi connectivity index (χ1v) is 8.94. The second-order valence-electron chi connectivity index (χ2n) is 5.99. The topological polar surface area (TPSA) is 55.1 Å². The number of pyridine rings is 1. The maximum absolute atomic E-state index is 11.7. The Bertz CT molecular complexity index is 1100. The van der Waals surface area contributed by atoms with Crippen molar-refractivity contribution in [2.75, 3.05) is 0 Å². The van der Waals surface area contributed by atoms with E-state index in [0.717, 1.165) is 32.1 Å². The number of benzene rings is 2. The molecule has 0 aliphatic carbocycles. The number of aromatic carboxylic acids is 1. The summed E-state index contributed by atoms with van der Waals surface area (Å²) >= 11 is 3.63. The zero-order chi connectivity index (χ0) is 18.1. The quantitative estimate of drug-likeness (QED) is 0.505. The lowest BCUT2D eigenvalue weighted by atomic mass is 10.0. The van der Waals surface area contributed by atoms with E-state index in [-0.39, 0.29) is 5.69 Å². The molecule has 4 aromatic rings. The first kappa shape index (κ1) is 16.5. The van der Waals surface area contributed by atoms with Crippen molar-refractivity contribution in [2.24, 2.45) is 0 Å². The Labute approximate surface area is 158 Å². The minimum Gasteiger partial charge on any atom is -0.477 e. The highest BCUT2D eigenvalue weighted by atomic mass is 79.9. The standard InChI is InChI=1S/C21H15BrN2O2/c22-17-8-2-5-14-4-1-6-16(20(14)17)13-24-18(9-10-19(24)21(25)26)15-7-3-11-23-12-15/h1-12H,13H2,(H,25,26). The molecule has 2 aromatic heterocycles. The highest BCUT2D eigenvalue weighted by molar-refractivity contribution is 9.10. The van der Waals surface area contributed by atoms with Gasteiger partial charge < -0.3 is 9.67 Å². The number of carbonyl (C=O) groups is 1. The predicted octanol–water partition coefficient (Wildman–Crippen LogP) is 5.21. The van der Waals surface area contributed by atoms with Crippen molar-refractivity contribution >= 4 is 32.7 Å². The number of fused-ring (bicyclic) bond motifs is 1. The van der Waals surface area contributed by atoms with Crippen LogP contribution in [0.25, 0.3) is 22.0 Å². The third-order valence-electron chi connectivity index (χ3n) is 4.43. The summed E-state index contributed by atoms with van der Waals surface area (Å²) in [5.74, 6) is -0.945. The fourth-order valence-electron chi connectivity index (χ4n) is 3.26. The Morgan fingerprint density at radius 1 is 1.04 bits per heavy atom. The molecule has 26 heavy (non-hydrogen) atoms. The fraction of sp³-hybridized carbons (Fsp3) is 0.0476. The largest absolute Gasteiger partial charge is 0.477 e. The Kier molecular flexibility index (Phi) is 4.31. The van der Waals surface area contributed by atoms with Gasteiger partial charge in [-0.3, -0.25) is 4.98 Å². The molecule has 0 saturated heterocycles. The van der Waals surface area contributed by atoms with Crippen LogP contribution in [0.5, 0.6) is 0 Å². The molecule has 0 amide bonds. The van der Waals surface area contributed by atoms with Crippen LogP contribution in [0.15, 0.2) is 77.5 Å². The van der Waals surface area contributed by atoms with E-state index in [1.807, 2.05) is 47.0 Å². The van der Waals surface area contributed by atoms with Crippen LogP contribution in [-0.2, 0) is 6.54 Å². The molecule has 0 aliphatic heterocycles. The van der Waals surface area contributed by atoms with Gasteiger partial charge in [0.2, 0.25) is 0 Å². The van der Waals surface area contributed by atoms with E-state index in [2.05, 4.69) is 33.0 Å². The lowest BCUT2D eigenvalue weighted by Crippen LogP contribution is -2.11. The molecule has 0 bridgehead atoms. The van der Waals surface area contributed by atoms with Crippen LogP contribution in [0, 0.1) is 0 Å². The predicted molar refractivity (Wildman–Crippen MR) is 105 cm³/mol. The number of halogens is 1. The third-order valence-corrected chi connectivity index (χ3v) is 5.09. The van der Waals surface area contributed by atoms with Crippen molar-refractivity contribution in [2.45, 2.75) is 6.54 Å². The molecule has 0 saturated carbocycles. The van der Waals surface area contributed by atoms with Gasteiger partial charge in [-0.15, -0.1) is 0 Å². The van der Waals surface area contributed by atoms with Crippen molar-refractivity contribution in [3.05, 3.63) is 88.8 Å². The van der Waals surface area contributed by atoms with Crippen molar-refractivity contribution in [1.82, 2.24) is 9.55 Å². The number of hydrogen-bond donors (Lipinski definition) is 1. The van der Waals surface area contributed by atoms with Crippen LogP contribution < -0.4 is 0 Å². The third kappa shape index (κ3) is 2.91. The van der Waals surface area contributed by atoms with Crippen molar-refractivity contribution in [3.63, 3.8) is 0 Å². The van der Waals surface area contributed by atoms with Crippen LogP contribution in [0.4, 0.5) is 0 Å². The summed E-state index contributed by atoms with van der Waals surface area (Å²) in [7, 11) is 0. The van der Waals surface area contributed by atoms with Gasteiger partial charge >= 0.3 is 5.97 Å². The molecule has 5 heteroatoms. The molecule has 2 aromatic carbocycles. The van der Waals surface area contributed by atoms with Gasteiger partial charge in [0.15, 0.2) is 0 Å². The second-order valence-corrected chi connectivity index (χ2v) is 6.85. The number of aromatic nitrogens is 2. The normalized spacial score (nSPS) is 11.0. The first-order chi connectivity index (χ1) is 12.6. The smallest absolute Gasteiger partial charge is 0.352 e. The molecule has 4 nitrogen and oxygen atoms in total. The first-order valence-electron chi connectivity index (χ1n) is 8.14. The molecule has 0 aliphatic rings. The molecule has 0 atom stereocenters. The molecule has 4 rings (SSSR count). The van der Waals surface area contributed by atoms with Gasteiger partial charge in [-0.2, -0.15) is 0 Å². The summed E-state index contributed by atoms with van der Waals surface area (Å²) in [5, 5.41) is 11.8. The minimum absolute atomic E-state index is 0.257. The van der Waals surface area contributed by atoms with Crippen LogP contribution >= 0.6 is 15.9 Å².